The molecule has 0 fully saturated rings. The first-order valence-corrected chi connectivity index (χ1v) is 7.07. The molecular formula is C16H16N2O5. The van der Waals surface area contributed by atoms with E-state index in [1.807, 2.05) is 0 Å². The number of aromatic nitrogens is 1. The molecule has 120 valence electrons. The number of nitrogens with one attached hydrogen (secondary N) is 1. The van der Waals surface area contributed by atoms with Crippen LogP contribution in [-0.4, -0.2) is 29.3 Å². The lowest BCUT2D eigenvalue weighted by Crippen LogP contribution is -2.30. The molecule has 0 saturated carbocycles. The first kappa shape index (κ1) is 15.0. The zero-order chi connectivity index (χ0) is 16.4. The molecular weight excluding hydrogens is 300 g/mol. The van der Waals surface area contributed by atoms with Crippen LogP contribution >= 0.6 is 0 Å². The van der Waals surface area contributed by atoms with Crippen LogP contribution in [0.15, 0.2) is 36.5 Å². The Hall–Kier alpha value is -2.96. The van der Waals surface area contributed by atoms with E-state index in [0.717, 1.165) is 0 Å². The van der Waals surface area contributed by atoms with Crippen LogP contribution < -0.4 is 14.8 Å². The SMILES string of the molecule is C[C@@H](OC(=O)c1cccn1C)C(=O)Nc1ccc2c(c1)OCO2. The summed E-state index contributed by atoms with van der Waals surface area (Å²) in [5, 5.41) is 2.68. The number of hydrogen-bond acceptors (Lipinski definition) is 5. The van der Waals surface area contributed by atoms with Crippen LogP contribution in [-0.2, 0) is 16.6 Å². The van der Waals surface area contributed by atoms with Crippen molar-refractivity contribution >= 4 is 17.6 Å². The van der Waals surface area contributed by atoms with Crippen molar-refractivity contribution in [2.75, 3.05) is 12.1 Å². The summed E-state index contributed by atoms with van der Waals surface area (Å²) in [6, 6.07) is 8.42. The molecule has 3 rings (SSSR count). The molecule has 1 aromatic carbocycles. The van der Waals surface area contributed by atoms with Gasteiger partial charge in [-0.05, 0) is 31.2 Å². The van der Waals surface area contributed by atoms with Gasteiger partial charge >= 0.3 is 5.97 Å². The molecule has 0 spiro atoms. The number of benzene rings is 1. The number of hydrogen-bond donors (Lipinski definition) is 1. The maximum absolute atomic E-state index is 12.1. The molecule has 0 aliphatic carbocycles. The minimum atomic E-state index is -0.928. The number of rotatable bonds is 4. The monoisotopic (exact) mass is 316 g/mol. The lowest BCUT2D eigenvalue weighted by molar-refractivity contribution is -0.123. The van der Waals surface area contributed by atoms with Crippen molar-refractivity contribution in [3.05, 3.63) is 42.2 Å². The van der Waals surface area contributed by atoms with E-state index in [4.69, 9.17) is 14.2 Å². The van der Waals surface area contributed by atoms with Gasteiger partial charge in [0.25, 0.3) is 5.91 Å². The molecule has 0 unspecified atom stereocenters. The van der Waals surface area contributed by atoms with E-state index >= 15 is 0 Å². The molecule has 1 amide bonds. The molecule has 1 aliphatic rings. The molecule has 0 bridgehead atoms. The van der Waals surface area contributed by atoms with Gasteiger partial charge < -0.3 is 24.1 Å². The Morgan fingerprint density at radius 2 is 2.04 bits per heavy atom. The highest BCUT2D eigenvalue weighted by Crippen LogP contribution is 2.34. The zero-order valence-corrected chi connectivity index (χ0v) is 12.7. The van der Waals surface area contributed by atoms with Crippen molar-refractivity contribution < 1.29 is 23.8 Å². The first-order valence-electron chi connectivity index (χ1n) is 7.07. The standard InChI is InChI=1S/C16H16N2O5/c1-10(23-16(20)12-4-3-7-18(12)2)15(19)17-11-5-6-13-14(8-11)22-9-21-13/h3-8,10H,9H2,1-2H3,(H,17,19)/t10-/m1/s1. The molecule has 23 heavy (non-hydrogen) atoms. The Labute approximate surface area is 132 Å². The van der Waals surface area contributed by atoms with E-state index < -0.39 is 18.0 Å². The van der Waals surface area contributed by atoms with Crippen LogP contribution in [0, 0.1) is 0 Å². The minimum Gasteiger partial charge on any atom is -0.454 e. The summed E-state index contributed by atoms with van der Waals surface area (Å²) in [5.41, 5.74) is 0.925. The maximum atomic E-state index is 12.1. The van der Waals surface area contributed by atoms with Crippen molar-refractivity contribution in [3.63, 3.8) is 0 Å². The van der Waals surface area contributed by atoms with Crippen LogP contribution in [0.3, 0.4) is 0 Å². The van der Waals surface area contributed by atoms with Gasteiger partial charge in [0.05, 0.1) is 0 Å². The summed E-state index contributed by atoms with van der Waals surface area (Å²) in [4.78, 5) is 24.1. The third kappa shape index (κ3) is 3.13. The van der Waals surface area contributed by atoms with E-state index in [9.17, 15) is 9.59 Å². The summed E-state index contributed by atoms with van der Waals surface area (Å²) < 4.78 is 17.3. The second-order valence-electron chi connectivity index (χ2n) is 5.11. The number of amides is 1. The van der Waals surface area contributed by atoms with Gasteiger partial charge in [0.2, 0.25) is 6.79 Å². The Kier molecular flexibility index (Phi) is 3.92. The predicted molar refractivity (Wildman–Crippen MR) is 81.5 cm³/mol. The summed E-state index contributed by atoms with van der Waals surface area (Å²) in [5.74, 6) is 0.222. The Balaban J connectivity index is 1.61. The average molecular weight is 316 g/mol. The Morgan fingerprint density at radius 3 is 2.78 bits per heavy atom. The highest BCUT2D eigenvalue weighted by molar-refractivity contribution is 5.97. The number of carbonyl (C=O) groups excluding carboxylic acids is 2. The topological polar surface area (TPSA) is 78.8 Å². The normalized spacial score (nSPS) is 13.5. The largest absolute Gasteiger partial charge is 0.454 e. The van der Waals surface area contributed by atoms with Crippen LogP contribution in [0.25, 0.3) is 0 Å². The van der Waals surface area contributed by atoms with Crippen LogP contribution in [0.5, 0.6) is 11.5 Å². The van der Waals surface area contributed by atoms with Gasteiger partial charge in [0.15, 0.2) is 17.6 Å². The smallest absolute Gasteiger partial charge is 0.355 e. The molecule has 7 heteroatoms. The lowest BCUT2D eigenvalue weighted by atomic mass is 10.2. The summed E-state index contributed by atoms with van der Waals surface area (Å²) >= 11 is 0. The average Bonchev–Trinajstić information content (AvgIpc) is 3.15. The van der Waals surface area contributed by atoms with Gasteiger partial charge in [-0.25, -0.2) is 4.79 Å². The van der Waals surface area contributed by atoms with E-state index in [1.54, 1.807) is 48.1 Å². The van der Waals surface area contributed by atoms with Crippen molar-refractivity contribution in [2.24, 2.45) is 7.05 Å². The van der Waals surface area contributed by atoms with Gasteiger partial charge in [-0.15, -0.1) is 0 Å². The number of esters is 1. The van der Waals surface area contributed by atoms with E-state index in [0.29, 0.717) is 22.9 Å². The number of nitrogens with zero attached hydrogens (tertiary/aromatic N) is 1. The fourth-order valence-corrected chi connectivity index (χ4v) is 2.17. The fourth-order valence-electron chi connectivity index (χ4n) is 2.17. The molecule has 7 nitrogen and oxygen atoms in total. The quantitative estimate of drug-likeness (QED) is 0.872. The Bertz CT molecular complexity index is 753. The molecule has 0 radical (unpaired) electrons. The second-order valence-corrected chi connectivity index (χ2v) is 5.11. The maximum Gasteiger partial charge on any atom is 0.355 e. The van der Waals surface area contributed by atoms with Gasteiger partial charge in [-0.1, -0.05) is 0 Å². The van der Waals surface area contributed by atoms with E-state index in [-0.39, 0.29) is 6.79 Å². The predicted octanol–water partition coefficient (Wildman–Crippen LogP) is 1.94. The first-order chi connectivity index (χ1) is 11.0. The summed E-state index contributed by atoms with van der Waals surface area (Å²) in [6.07, 6.45) is 0.802. The van der Waals surface area contributed by atoms with Crippen LogP contribution in [0.2, 0.25) is 0 Å². The number of aryl methyl sites for hydroxylation is 1. The van der Waals surface area contributed by atoms with Crippen LogP contribution in [0.1, 0.15) is 17.4 Å². The van der Waals surface area contributed by atoms with E-state index in [1.165, 1.54) is 6.92 Å². The molecule has 2 aromatic rings. The second kappa shape index (κ2) is 6.04. The van der Waals surface area contributed by atoms with Gasteiger partial charge in [0, 0.05) is 25.0 Å². The molecule has 2 heterocycles. The van der Waals surface area contributed by atoms with Crippen molar-refractivity contribution in [1.29, 1.82) is 0 Å². The van der Waals surface area contributed by atoms with Crippen LogP contribution in [0.4, 0.5) is 5.69 Å². The molecule has 1 aliphatic heterocycles. The number of anilines is 1. The third-order valence-electron chi connectivity index (χ3n) is 3.45. The summed E-state index contributed by atoms with van der Waals surface area (Å²) in [7, 11) is 1.73. The molecule has 1 atom stereocenters. The van der Waals surface area contributed by atoms with E-state index in [2.05, 4.69) is 5.32 Å². The minimum absolute atomic E-state index is 0.164. The Morgan fingerprint density at radius 1 is 1.26 bits per heavy atom. The fraction of sp³-hybridized carbons (Fsp3) is 0.250. The molecule has 1 N–H and O–H groups in total. The van der Waals surface area contributed by atoms with Crippen molar-refractivity contribution in [1.82, 2.24) is 4.57 Å². The number of fused-ring (bicyclic) bond motifs is 1. The number of ether oxygens (including phenoxy) is 3. The van der Waals surface area contributed by atoms with Gasteiger partial charge in [-0.3, -0.25) is 4.79 Å². The van der Waals surface area contributed by atoms with Crippen molar-refractivity contribution in [3.8, 4) is 11.5 Å². The van der Waals surface area contributed by atoms with Gasteiger partial charge in [0.1, 0.15) is 5.69 Å². The zero-order valence-electron chi connectivity index (χ0n) is 12.7. The third-order valence-corrected chi connectivity index (χ3v) is 3.45. The number of carbonyl (C=O) groups is 2. The lowest BCUT2D eigenvalue weighted by Gasteiger charge is -2.14. The van der Waals surface area contributed by atoms with Gasteiger partial charge in [-0.2, -0.15) is 0 Å². The molecule has 1 aromatic heterocycles. The highest BCUT2D eigenvalue weighted by atomic mass is 16.7. The summed E-state index contributed by atoms with van der Waals surface area (Å²) in [6.45, 7) is 1.68. The molecule has 0 saturated heterocycles. The highest BCUT2D eigenvalue weighted by Gasteiger charge is 2.21. The van der Waals surface area contributed by atoms with Crippen molar-refractivity contribution in [2.45, 2.75) is 13.0 Å².